The van der Waals surface area contributed by atoms with Gasteiger partial charge in [-0.25, -0.2) is 0 Å². The van der Waals surface area contributed by atoms with Gasteiger partial charge in [0.15, 0.2) is 0 Å². The third-order valence-corrected chi connectivity index (χ3v) is 4.24. The number of hydrogen-bond donors (Lipinski definition) is 1. The van der Waals surface area contributed by atoms with Crippen LogP contribution in [0.25, 0.3) is 0 Å². The molecule has 1 aliphatic rings. The van der Waals surface area contributed by atoms with Gasteiger partial charge in [0, 0.05) is 6.04 Å². The van der Waals surface area contributed by atoms with Crippen LogP contribution in [0.2, 0.25) is 0 Å². The summed E-state index contributed by atoms with van der Waals surface area (Å²) in [6.07, 6.45) is 7.99. The van der Waals surface area contributed by atoms with Crippen molar-refractivity contribution in [2.45, 2.75) is 51.5 Å². The Kier molecular flexibility index (Phi) is 5.71. The number of ether oxygens (including phenoxy) is 1. The largest absolute Gasteiger partial charge is 0.497 e. The highest BCUT2D eigenvalue weighted by Gasteiger charge is 2.24. The number of nitrogens with one attached hydrogen (secondary N) is 1. The van der Waals surface area contributed by atoms with Crippen molar-refractivity contribution in [3.05, 3.63) is 29.8 Å². The molecule has 1 N–H and O–H groups in total. The molecule has 0 saturated heterocycles. The molecule has 1 saturated carbocycles. The lowest BCUT2D eigenvalue weighted by molar-refractivity contribution is 0.356. The van der Waals surface area contributed by atoms with Crippen LogP contribution in [0, 0.1) is 5.92 Å². The van der Waals surface area contributed by atoms with Gasteiger partial charge in [-0.3, -0.25) is 0 Å². The first-order chi connectivity index (χ1) is 9.33. The van der Waals surface area contributed by atoms with Crippen LogP contribution in [0.15, 0.2) is 24.3 Å². The van der Waals surface area contributed by atoms with Crippen molar-refractivity contribution in [1.82, 2.24) is 5.32 Å². The molecule has 1 fully saturated rings. The zero-order valence-electron chi connectivity index (χ0n) is 12.3. The average molecular weight is 261 g/mol. The summed E-state index contributed by atoms with van der Waals surface area (Å²) in [6, 6.07) is 9.20. The summed E-state index contributed by atoms with van der Waals surface area (Å²) in [5, 5.41) is 3.76. The van der Waals surface area contributed by atoms with E-state index in [0.717, 1.165) is 24.6 Å². The highest BCUT2D eigenvalue weighted by atomic mass is 16.5. The predicted octanol–water partition coefficient (Wildman–Crippen LogP) is 3.80. The summed E-state index contributed by atoms with van der Waals surface area (Å²) in [5.74, 6) is 1.82. The van der Waals surface area contributed by atoms with Crippen molar-refractivity contribution in [3.8, 4) is 5.75 Å². The van der Waals surface area contributed by atoms with Gasteiger partial charge >= 0.3 is 0 Å². The van der Waals surface area contributed by atoms with Gasteiger partial charge in [-0.1, -0.05) is 31.9 Å². The molecule has 2 heteroatoms. The molecule has 0 amide bonds. The Morgan fingerprint density at radius 2 is 1.89 bits per heavy atom. The molecule has 0 bridgehead atoms. The molecule has 2 nitrogen and oxygen atoms in total. The normalized spacial score (nSPS) is 17.6. The minimum atomic E-state index is 0.649. The van der Waals surface area contributed by atoms with E-state index in [-0.39, 0.29) is 0 Å². The molecule has 0 aliphatic heterocycles. The SMILES string of the molecule is CCCNC(Cc1ccc(OC)cc1)C1CCCC1. The van der Waals surface area contributed by atoms with Crippen molar-refractivity contribution in [2.75, 3.05) is 13.7 Å². The summed E-state index contributed by atoms with van der Waals surface area (Å²) in [4.78, 5) is 0. The Balaban J connectivity index is 1.96. The fourth-order valence-corrected chi connectivity index (χ4v) is 3.11. The summed E-state index contributed by atoms with van der Waals surface area (Å²) < 4.78 is 5.22. The minimum absolute atomic E-state index is 0.649. The third-order valence-electron chi connectivity index (χ3n) is 4.24. The second kappa shape index (κ2) is 7.54. The van der Waals surface area contributed by atoms with E-state index >= 15 is 0 Å². The van der Waals surface area contributed by atoms with E-state index in [1.165, 1.54) is 37.7 Å². The van der Waals surface area contributed by atoms with Crippen molar-refractivity contribution < 1.29 is 4.74 Å². The maximum Gasteiger partial charge on any atom is 0.118 e. The Morgan fingerprint density at radius 3 is 2.47 bits per heavy atom. The predicted molar refractivity (Wildman–Crippen MR) is 80.7 cm³/mol. The van der Waals surface area contributed by atoms with Crippen LogP contribution in [0.3, 0.4) is 0 Å². The molecule has 1 aromatic rings. The van der Waals surface area contributed by atoms with Gasteiger partial charge in [-0.15, -0.1) is 0 Å². The van der Waals surface area contributed by atoms with E-state index < -0.39 is 0 Å². The van der Waals surface area contributed by atoms with E-state index in [9.17, 15) is 0 Å². The summed E-state index contributed by atoms with van der Waals surface area (Å²) in [6.45, 7) is 3.38. The molecule has 1 aliphatic carbocycles. The molecule has 0 spiro atoms. The molecule has 1 atom stereocenters. The van der Waals surface area contributed by atoms with E-state index in [2.05, 4.69) is 36.5 Å². The van der Waals surface area contributed by atoms with Gasteiger partial charge in [0.05, 0.1) is 7.11 Å². The van der Waals surface area contributed by atoms with Crippen LogP contribution in [0.4, 0.5) is 0 Å². The number of hydrogen-bond acceptors (Lipinski definition) is 2. The van der Waals surface area contributed by atoms with Crippen molar-refractivity contribution in [2.24, 2.45) is 5.92 Å². The summed E-state index contributed by atoms with van der Waals surface area (Å²) >= 11 is 0. The lowest BCUT2D eigenvalue weighted by Crippen LogP contribution is -2.37. The Morgan fingerprint density at radius 1 is 1.21 bits per heavy atom. The standard InChI is InChI=1S/C17H27NO/c1-3-12-18-17(15-6-4-5-7-15)13-14-8-10-16(19-2)11-9-14/h8-11,15,17-18H,3-7,12-13H2,1-2H3. The van der Waals surface area contributed by atoms with E-state index in [1.807, 2.05) is 0 Å². The van der Waals surface area contributed by atoms with Crippen LogP contribution >= 0.6 is 0 Å². The molecule has 1 unspecified atom stereocenters. The van der Waals surface area contributed by atoms with Crippen LogP contribution in [0.1, 0.15) is 44.6 Å². The van der Waals surface area contributed by atoms with Crippen molar-refractivity contribution in [1.29, 1.82) is 0 Å². The lowest BCUT2D eigenvalue weighted by Gasteiger charge is -2.25. The fraction of sp³-hybridized carbons (Fsp3) is 0.647. The maximum atomic E-state index is 5.22. The zero-order valence-corrected chi connectivity index (χ0v) is 12.3. The van der Waals surface area contributed by atoms with Crippen LogP contribution < -0.4 is 10.1 Å². The molecule has 106 valence electrons. The van der Waals surface area contributed by atoms with Gasteiger partial charge in [-0.2, -0.15) is 0 Å². The molecule has 19 heavy (non-hydrogen) atoms. The Bertz CT molecular complexity index is 354. The highest BCUT2D eigenvalue weighted by molar-refractivity contribution is 5.27. The number of methoxy groups -OCH3 is 1. The first kappa shape index (κ1) is 14.4. The van der Waals surface area contributed by atoms with Crippen molar-refractivity contribution >= 4 is 0 Å². The Labute approximate surface area is 117 Å². The molecular weight excluding hydrogens is 234 g/mol. The fourth-order valence-electron chi connectivity index (χ4n) is 3.11. The topological polar surface area (TPSA) is 21.3 Å². The second-order valence-corrected chi connectivity index (χ2v) is 5.66. The summed E-state index contributed by atoms with van der Waals surface area (Å²) in [5.41, 5.74) is 1.42. The Hall–Kier alpha value is -1.02. The number of rotatable bonds is 7. The van der Waals surface area contributed by atoms with E-state index in [1.54, 1.807) is 7.11 Å². The van der Waals surface area contributed by atoms with Gasteiger partial charge in [0.2, 0.25) is 0 Å². The molecule has 2 rings (SSSR count). The van der Waals surface area contributed by atoms with Crippen molar-refractivity contribution in [3.63, 3.8) is 0 Å². The summed E-state index contributed by atoms with van der Waals surface area (Å²) in [7, 11) is 1.72. The van der Waals surface area contributed by atoms with Gasteiger partial charge in [-0.05, 0) is 55.8 Å². The van der Waals surface area contributed by atoms with Gasteiger partial charge in [0.1, 0.15) is 5.75 Å². The number of benzene rings is 1. The first-order valence-electron chi connectivity index (χ1n) is 7.69. The highest BCUT2D eigenvalue weighted by Crippen LogP contribution is 2.29. The molecular formula is C17H27NO. The van der Waals surface area contributed by atoms with E-state index in [0.29, 0.717) is 6.04 Å². The molecule has 1 aromatic carbocycles. The van der Waals surface area contributed by atoms with Gasteiger partial charge < -0.3 is 10.1 Å². The lowest BCUT2D eigenvalue weighted by atomic mass is 9.92. The quantitative estimate of drug-likeness (QED) is 0.806. The monoisotopic (exact) mass is 261 g/mol. The average Bonchev–Trinajstić information content (AvgIpc) is 2.98. The third kappa shape index (κ3) is 4.24. The second-order valence-electron chi connectivity index (χ2n) is 5.66. The van der Waals surface area contributed by atoms with E-state index in [4.69, 9.17) is 4.74 Å². The van der Waals surface area contributed by atoms with Crippen LogP contribution in [0.5, 0.6) is 5.75 Å². The smallest absolute Gasteiger partial charge is 0.118 e. The maximum absolute atomic E-state index is 5.22. The minimum Gasteiger partial charge on any atom is -0.497 e. The van der Waals surface area contributed by atoms with Gasteiger partial charge in [0.25, 0.3) is 0 Å². The first-order valence-corrected chi connectivity index (χ1v) is 7.69. The molecule has 0 radical (unpaired) electrons. The zero-order chi connectivity index (χ0) is 13.5. The molecule has 0 aromatic heterocycles. The van der Waals surface area contributed by atoms with Crippen LogP contribution in [-0.4, -0.2) is 19.7 Å². The van der Waals surface area contributed by atoms with Crippen LogP contribution in [-0.2, 0) is 6.42 Å². The molecule has 0 heterocycles.